The van der Waals surface area contributed by atoms with Crippen LogP contribution >= 0.6 is 0 Å². The molecule has 1 aliphatic heterocycles. The van der Waals surface area contributed by atoms with Crippen molar-refractivity contribution in [3.8, 4) is 0 Å². The fourth-order valence-electron chi connectivity index (χ4n) is 4.12. The van der Waals surface area contributed by atoms with Crippen LogP contribution in [-0.4, -0.2) is 28.9 Å². The minimum absolute atomic E-state index is 0.239. The van der Waals surface area contributed by atoms with Crippen molar-refractivity contribution in [2.45, 2.75) is 53.6 Å². The fraction of sp³-hybridized carbons (Fsp3) is 0.480. The third-order valence-electron chi connectivity index (χ3n) is 4.91. The molecule has 0 amide bonds. The maximum atomic E-state index is 2.57. The number of benzene rings is 2. The van der Waals surface area contributed by atoms with Crippen LogP contribution < -0.4 is 0 Å². The highest BCUT2D eigenvalue weighted by Gasteiger charge is 2.45. The summed E-state index contributed by atoms with van der Waals surface area (Å²) in [6.07, 6.45) is 2.39. The van der Waals surface area contributed by atoms with Crippen molar-refractivity contribution in [2.24, 2.45) is 10.8 Å². The zero-order chi connectivity index (χ0) is 19.7. The van der Waals surface area contributed by atoms with Crippen LogP contribution in [0.2, 0.25) is 0 Å². The number of rotatable bonds is 4. The molecular formula is C25H35N2+. The van der Waals surface area contributed by atoms with E-state index < -0.39 is 0 Å². The normalized spacial score (nSPS) is 20.7. The highest BCUT2D eigenvalue weighted by molar-refractivity contribution is 5.54. The van der Waals surface area contributed by atoms with Gasteiger partial charge in [-0.2, -0.15) is 0 Å². The first-order valence-corrected chi connectivity index (χ1v) is 10.1. The lowest BCUT2D eigenvalue weighted by Gasteiger charge is -2.29. The molecule has 0 saturated carbocycles. The van der Waals surface area contributed by atoms with Crippen LogP contribution in [0.5, 0.6) is 0 Å². The summed E-state index contributed by atoms with van der Waals surface area (Å²) in [7, 11) is 0. The van der Waals surface area contributed by atoms with E-state index in [0.29, 0.717) is 12.1 Å². The molecular weight excluding hydrogens is 328 g/mol. The third kappa shape index (κ3) is 5.00. The molecule has 27 heavy (non-hydrogen) atoms. The van der Waals surface area contributed by atoms with Crippen molar-refractivity contribution < 1.29 is 4.58 Å². The SMILES string of the molecule is CC(C)(C)CN1C=[N+](CC(C)(C)C)[C@@H](c2ccccc2)[C@@H]1c1ccccc1. The standard InChI is InChI=1S/C25H35N2/c1-24(2,3)17-26-19-27(18-25(4,5)6)23(21-15-11-8-12-16-21)22(26)20-13-9-7-10-14-20/h7-16,19,22-23H,17-18H2,1-6H3/q+1/t22-,23-/m0/s1. The third-order valence-corrected chi connectivity index (χ3v) is 4.91. The molecule has 2 heteroatoms. The predicted molar refractivity (Wildman–Crippen MR) is 115 cm³/mol. The molecule has 0 aliphatic carbocycles. The lowest BCUT2D eigenvalue weighted by atomic mass is 9.89. The molecule has 0 fully saturated rings. The Morgan fingerprint density at radius 2 is 1.26 bits per heavy atom. The lowest BCUT2D eigenvalue weighted by molar-refractivity contribution is -0.574. The maximum Gasteiger partial charge on any atom is 0.235 e. The van der Waals surface area contributed by atoms with Crippen LogP contribution in [0.25, 0.3) is 0 Å². The van der Waals surface area contributed by atoms with Crippen LogP contribution in [-0.2, 0) is 0 Å². The van der Waals surface area contributed by atoms with E-state index in [1.807, 2.05) is 0 Å². The zero-order valence-electron chi connectivity index (χ0n) is 17.8. The molecule has 0 spiro atoms. The van der Waals surface area contributed by atoms with E-state index in [-0.39, 0.29) is 10.8 Å². The van der Waals surface area contributed by atoms with E-state index >= 15 is 0 Å². The summed E-state index contributed by atoms with van der Waals surface area (Å²) in [5, 5.41) is 0. The minimum Gasteiger partial charge on any atom is -0.256 e. The van der Waals surface area contributed by atoms with Crippen LogP contribution in [0.3, 0.4) is 0 Å². The van der Waals surface area contributed by atoms with Crippen LogP contribution in [0, 0.1) is 10.8 Å². The van der Waals surface area contributed by atoms with E-state index in [2.05, 4.69) is 118 Å². The second-order valence-corrected chi connectivity index (χ2v) is 10.3. The van der Waals surface area contributed by atoms with Gasteiger partial charge in [-0.05, 0) is 10.8 Å². The van der Waals surface area contributed by atoms with Gasteiger partial charge in [0, 0.05) is 11.1 Å². The zero-order valence-corrected chi connectivity index (χ0v) is 17.8. The number of hydrogen-bond acceptors (Lipinski definition) is 1. The van der Waals surface area contributed by atoms with Gasteiger partial charge < -0.3 is 0 Å². The lowest BCUT2D eigenvalue weighted by Crippen LogP contribution is -2.33. The summed E-state index contributed by atoms with van der Waals surface area (Å²) in [6.45, 7) is 16.0. The molecule has 1 aliphatic rings. The van der Waals surface area contributed by atoms with Gasteiger partial charge in [0.25, 0.3) is 0 Å². The Balaban J connectivity index is 2.09. The average molecular weight is 364 g/mol. The highest BCUT2D eigenvalue weighted by atomic mass is 15.3. The van der Waals surface area contributed by atoms with Gasteiger partial charge in [0.15, 0.2) is 12.1 Å². The summed E-state index contributed by atoms with van der Waals surface area (Å²) in [6, 6.07) is 22.7. The van der Waals surface area contributed by atoms with Crippen molar-refractivity contribution in [1.29, 1.82) is 0 Å². The van der Waals surface area contributed by atoms with Crippen molar-refractivity contribution in [2.75, 3.05) is 13.1 Å². The Hall–Kier alpha value is -2.09. The molecule has 2 atom stereocenters. The van der Waals surface area contributed by atoms with Crippen molar-refractivity contribution in [1.82, 2.24) is 4.90 Å². The van der Waals surface area contributed by atoms with E-state index in [1.54, 1.807) is 0 Å². The smallest absolute Gasteiger partial charge is 0.235 e. The number of nitrogens with zero attached hydrogens (tertiary/aromatic N) is 2. The highest BCUT2D eigenvalue weighted by Crippen LogP contribution is 2.42. The van der Waals surface area contributed by atoms with Crippen molar-refractivity contribution >= 4 is 6.34 Å². The Bertz CT molecular complexity index is 763. The Labute approximate surface area is 165 Å². The van der Waals surface area contributed by atoms with Crippen LogP contribution in [0.4, 0.5) is 0 Å². The summed E-state index contributed by atoms with van der Waals surface area (Å²) < 4.78 is 2.57. The summed E-state index contributed by atoms with van der Waals surface area (Å²) in [4.78, 5) is 2.57. The van der Waals surface area contributed by atoms with Gasteiger partial charge in [-0.25, -0.2) is 0 Å². The van der Waals surface area contributed by atoms with Gasteiger partial charge in [-0.15, -0.1) is 0 Å². The second-order valence-electron chi connectivity index (χ2n) is 10.3. The largest absolute Gasteiger partial charge is 0.256 e. The van der Waals surface area contributed by atoms with E-state index in [1.165, 1.54) is 11.1 Å². The molecule has 3 rings (SSSR count). The summed E-state index contributed by atoms with van der Waals surface area (Å²) >= 11 is 0. The molecule has 2 aromatic rings. The van der Waals surface area contributed by atoms with Crippen LogP contribution in [0.1, 0.15) is 64.8 Å². The molecule has 2 nitrogen and oxygen atoms in total. The molecule has 0 radical (unpaired) electrons. The van der Waals surface area contributed by atoms with E-state index in [0.717, 1.165) is 13.1 Å². The summed E-state index contributed by atoms with van der Waals surface area (Å²) in [5.41, 5.74) is 3.26. The van der Waals surface area contributed by atoms with Gasteiger partial charge >= 0.3 is 0 Å². The van der Waals surface area contributed by atoms with Crippen molar-refractivity contribution in [3.05, 3.63) is 71.8 Å². The van der Waals surface area contributed by atoms with E-state index in [9.17, 15) is 0 Å². The first-order chi connectivity index (χ1) is 12.6. The van der Waals surface area contributed by atoms with Gasteiger partial charge in [0.1, 0.15) is 0 Å². The Kier molecular flexibility index (Phi) is 5.46. The topological polar surface area (TPSA) is 6.25 Å². The van der Waals surface area contributed by atoms with Crippen LogP contribution in [0.15, 0.2) is 60.7 Å². The van der Waals surface area contributed by atoms with E-state index in [4.69, 9.17) is 0 Å². The first-order valence-electron chi connectivity index (χ1n) is 10.1. The second kappa shape index (κ2) is 7.50. The van der Waals surface area contributed by atoms with Gasteiger partial charge in [0.2, 0.25) is 6.34 Å². The van der Waals surface area contributed by atoms with Crippen molar-refractivity contribution in [3.63, 3.8) is 0 Å². The molecule has 144 valence electrons. The Morgan fingerprint density at radius 1 is 0.741 bits per heavy atom. The molecule has 0 N–H and O–H groups in total. The first kappa shape index (κ1) is 19.7. The van der Waals surface area contributed by atoms with Gasteiger partial charge in [-0.3, -0.25) is 9.48 Å². The fourth-order valence-corrected chi connectivity index (χ4v) is 4.12. The average Bonchev–Trinajstić information content (AvgIpc) is 2.90. The maximum absolute atomic E-state index is 2.57. The monoisotopic (exact) mass is 363 g/mol. The summed E-state index contributed by atoms with van der Waals surface area (Å²) in [5.74, 6) is 0. The molecule has 0 unspecified atom stereocenters. The molecule has 0 saturated heterocycles. The predicted octanol–water partition coefficient (Wildman–Crippen LogP) is 5.92. The molecule has 2 aromatic carbocycles. The number of hydrogen-bond donors (Lipinski definition) is 0. The minimum atomic E-state index is 0.239. The molecule has 1 heterocycles. The molecule has 0 bridgehead atoms. The molecule has 0 aromatic heterocycles. The Morgan fingerprint density at radius 3 is 1.74 bits per heavy atom. The van der Waals surface area contributed by atoms with Gasteiger partial charge in [0.05, 0.1) is 13.1 Å². The quantitative estimate of drug-likeness (QED) is 0.611. The van der Waals surface area contributed by atoms with Gasteiger partial charge in [-0.1, -0.05) is 102 Å².